The molecular weight excluding hydrogens is 308 g/mol. The van der Waals surface area contributed by atoms with Gasteiger partial charge >= 0.3 is 0 Å². The lowest BCUT2D eigenvalue weighted by Crippen LogP contribution is -2.50. The Hall–Kier alpha value is -0.910. The van der Waals surface area contributed by atoms with Crippen molar-refractivity contribution in [2.75, 3.05) is 33.3 Å². The van der Waals surface area contributed by atoms with E-state index in [1.165, 1.54) is 0 Å². The number of carbonyl (C=O) groups excluding carboxylic acids is 1. The van der Waals surface area contributed by atoms with Gasteiger partial charge in [-0.3, -0.25) is 9.69 Å². The van der Waals surface area contributed by atoms with Gasteiger partial charge in [0.2, 0.25) is 0 Å². The molecule has 0 spiro atoms. The van der Waals surface area contributed by atoms with Crippen molar-refractivity contribution >= 4 is 21.7 Å². The smallest absolute Gasteiger partial charge is 0.179 e. The van der Waals surface area contributed by atoms with Crippen LogP contribution in [0.4, 0.5) is 0 Å². The highest BCUT2D eigenvalue weighted by Crippen LogP contribution is 2.26. The van der Waals surface area contributed by atoms with Gasteiger partial charge in [0.25, 0.3) is 0 Å². The fraction of sp³-hybridized carbons (Fsp3) is 0.500. The number of Topliss-reactive ketones (excluding diaryl/α,β-unsaturated/α-hetero) is 1. The molecule has 1 unspecified atom stereocenters. The maximum atomic E-state index is 12.5. The van der Waals surface area contributed by atoms with Crippen molar-refractivity contribution in [3.05, 3.63) is 28.2 Å². The number of ether oxygens (including phenoxy) is 1. The first-order valence-corrected chi connectivity index (χ1v) is 7.25. The molecule has 19 heavy (non-hydrogen) atoms. The molecule has 0 radical (unpaired) electrons. The Morgan fingerprint density at radius 1 is 1.42 bits per heavy atom. The maximum absolute atomic E-state index is 12.5. The fourth-order valence-electron chi connectivity index (χ4n) is 2.30. The average Bonchev–Trinajstić information content (AvgIpc) is 2.46. The van der Waals surface area contributed by atoms with E-state index >= 15 is 0 Å². The van der Waals surface area contributed by atoms with Crippen LogP contribution in [-0.4, -0.2) is 50.0 Å². The van der Waals surface area contributed by atoms with Crippen LogP contribution in [0.2, 0.25) is 0 Å². The molecule has 1 aromatic carbocycles. The standard InChI is InChI=1S/C14H19BrN2O2/c1-10(17-7-5-16-6-8-17)14(18)11-3-4-13(19-2)12(15)9-11/h3-4,9-10,16H,5-8H2,1-2H3. The van der Waals surface area contributed by atoms with E-state index in [0.717, 1.165) is 42.0 Å². The fourth-order valence-corrected chi connectivity index (χ4v) is 2.84. The van der Waals surface area contributed by atoms with Gasteiger partial charge in [-0.1, -0.05) is 0 Å². The van der Waals surface area contributed by atoms with E-state index in [4.69, 9.17) is 4.74 Å². The molecule has 1 N–H and O–H groups in total. The van der Waals surface area contributed by atoms with Gasteiger partial charge in [0.05, 0.1) is 17.6 Å². The minimum absolute atomic E-state index is 0.0811. The number of nitrogens with zero attached hydrogens (tertiary/aromatic N) is 1. The molecule has 1 atom stereocenters. The summed E-state index contributed by atoms with van der Waals surface area (Å²) in [6.45, 7) is 5.72. The number of hydrogen-bond donors (Lipinski definition) is 1. The zero-order valence-corrected chi connectivity index (χ0v) is 12.9. The SMILES string of the molecule is COc1ccc(C(=O)C(C)N2CCNCC2)cc1Br. The minimum atomic E-state index is -0.0811. The van der Waals surface area contributed by atoms with Crippen molar-refractivity contribution in [2.24, 2.45) is 0 Å². The average molecular weight is 327 g/mol. The van der Waals surface area contributed by atoms with Crippen molar-refractivity contribution in [3.8, 4) is 5.75 Å². The molecular formula is C14H19BrN2O2. The molecule has 104 valence electrons. The lowest BCUT2D eigenvalue weighted by atomic mass is 10.0. The molecule has 1 aliphatic rings. The Morgan fingerprint density at radius 2 is 2.11 bits per heavy atom. The van der Waals surface area contributed by atoms with Gasteiger partial charge in [-0.2, -0.15) is 0 Å². The second kappa shape index (κ2) is 6.50. The van der Waals surface area contributed by atoms with E-state index in [2.05, 4.69) is 26.1 Å². The van der Waals surface area contributed by atoms with E-state index < -0.39 is 0 Å². The summed E-state index contributed by atoms with van der Waals surface area (Å²) in [5, 5.41) is 3.30. The van der Waals surface area contributed by atoms with Crippen LogP contribution in [0.1, 0.15) is 17.3 Å². The molecule has 0 bridgehead atoms. The first-order valence-electron chi connectivity index (χ1n) is 6.46. The van der Waals surface area contributed by atoms with Crippen LogP contribution in [0.15, 0.2) is 22.7 Å². The topological polar surface area (TPSA) is 41.6 Å². The minimum Gasteiger partial charge on any atom is -0.496 e. The molecule has 1 fully saturated rings. The highest BCUT2D eigenvalue weighted by atomic mass is 79.9. The first kappa shape index (κ1) is 14.5. The normalized spacial score (nSPS) is 18.1. The number of piperazine rings is 1. The third kappa shape index (κ3) is 3.35. The van der Waals surface area contributed by atoms with Crippen LogP contribution in [0.3, 0.4) is 0 Å². The molecule has 2 rings (SSSR count). The first-order chi connectivity index (χ1) is 9.13. The molecule has 5 heteroatoms. The molecule has 0 aromatic heterocycles. The second-order valence-electron chi connectivity index (χ2n) is 4.68. The summed E-state index contributed by atoms with van der Waals surface area (Å²) < 4.78 is 5.99. The highest BCUT2D eigenvalue weighted by Gasteiger charge is 2.24. The Labute approximate surface area is 122 Å². The summed E-state index contributed by atoms with van der Waals surface area (Å²) in [7, 11) is 1.62. The van der Waals surface area contributed by atoms with Crippen molar-refractivity contribution in [1.29, 1.82) is 0 Å². The van der Waals surface area contributed by atoms with Gasteiger partial charge in [-0.05, 0) is 41.1 Å². The van der Waals surface area contributed by atoms with Crippen LogP contribution in [-0.2, 0) is 0 Å². The number of rotatable bonds is 4. The highest BCUT2D eigenvalue weighted by molar-refractivity contribution is 9.10. The summed E-state index contributed by atoms with van der Waals surface area (Å²) in [5.74, 6) is 0.900. The lowest BCUT2D eigenvalue weighted by molar-refractivity contribution is 0.0820. The van der Waals surface area contributed by atoms with Gasteiger partial charge in [0.15, 0.2) is 5.78 Å². The summed E-state index contributed by atoms with van der Waals surface area (Å²) in [6.07, 6.45) is 0. The van der Waals surface area contributed by atoms with Crippen LogP contribution in [0.25, 0.3) is 0 Å². The number of ketones is 1. The van der Waals surface area contributed by atoms with Crippen LogP contribution in [0.5, 0.6) is 5.75 Å². The van der Waals surface area contributed by atoms with Crippen molar-refractivity contribution in [1.82, 2.24) is 10.2 Å². The summed E-state index contributed by atoms with van der Waals surface area (Å²) in [4.78, 5) is 14.7. The second-order valence-corrected chi connectivity index (χ2v) is 5.53. The molecule has 1 aliphatic heterocycles. The van der Waals surface area contributed by atoms with Gasteiger partial charge in [0.1, 0.15) is 5.75 Å². The van der Waals surface area contributed by atoms with Gasteiger partial charge in [-0.25, -0.2) is 0 Å². The Balaban J connectivity index is 2.12. The number of benzene rings is 1. The van der Waals surface area contributed by atoms with Gasteiger partial charge in [0, 0.05) is 31.7 Å². The van der Waals surface area contributed by atoms with Crippen LogP contribution >= 0.6 is 15.9 Å². The number of halogens is 1. The zero-order valence-electron chi connectivity index (χ0n) is 11.3. The predicted octanol–water partition coefficient (Wildman–Crippen LogP) is 1.93. The molecule has 0 aliphatic carbocycles. The van der Waals surface area contributed by atoms with Gasteiger partial charge < -0.3 is 10.1 Å². The monoisotopic (exact) mass is 326 g/mol. The third-order valence-corrected chi connectivity index (χ3v) is 4.13. The maximum Gasteiger partial charge on any atom is 0.179 e. The van der Waals surface area contributed by atoms with E-state index in [1.807, 2.05) is 25.1 Å². The molecule has 1 heterocycles. The van der Waals surface area contributed by atoms with Crippen molar-refractivity contribution in [3.63, 3.8) is 0 Å². The molecule has 1 aromatic rings. The third-order valence-electron chi connectivity index (χ3n) is 3.52. The molecule has 0 amide bonds. The Bertz CT molecular complexity index is 459. The van der Waals surface area contributed by atoms with Crippen LogP contribution in [0, 0.1) is 0 Å². The number of methoxy groups -OCH3 is 1. The van der Waals surface area contributed by atoms with Crippen molar-refractivity contribution < 1.29 is 9.53 Å². The van der Waals surface area contributed by atoms with Crippen molar-refractivity contribution in [2.45, 2.75) is 13.0 Å². The lowest BCUT2D eigenvalue weighted by Gasteiger charge is -2.31. The quantitative estimate of drug-likeness (QED) is 0.858. The number of nitrogens with one attached hydrogen (secondary N) is 1. The summed E-state index contributed by atoms with van der Waals surface area (Å²) in [6, 6.07) is 5.40. The zero-order chi connectivity index (χ0) is 13.8. The van der Waals surface area contributed by atoms with E-state index in [0.29, 0.717) is 0 Å². The largest absolute Gasteiger partial charge is 0.496 e. The number of hydrogen-bond acceptors (Lipinski definition) is 4. The summed E-state index contributed by atoms with van der Waals surface area (Å²) >= 11 is 3.42. The molecule has 0 saturated carbocycles. The van der Waals surface area contributed by atoms with Crippen LogP contribution < -0.4 is 10.1 Å². The van der Waals surface area contributed by atoms with E-state index in [9.17, 15) is 4.79 Å². The van der Waals surface area contributed by atoms with Gasteiger partial charge in [-0.15, -0.1) is 0 Å². The van der Waals surface area contributed by atoms with E-state index in [1.54, 1.807) is 7.11 Å². The molecule has 4 nitrogen and oxygen atoms in total. The van der Waals surface area contributed by atoms with E-state index in [-0.39, 0.29) is 11.8 Å². The Morgan fingerprint density at radius 3 is 2.68 bits per heavy atom. The Kier molecular flexibility index (Phi) is 4.96. The molecule has 1 saturated heterocycles. The number of carbonyl (C=O) groups is 1. The summed E-state index contributed by atoms with van der Waals surface area (Å²) in [5.41, 5.74) is 0.721. The predicted molar refractivity (Wildman–Crippen MR) is 78.9 cm³/mol.